The molecule has 0 saturated heterocycles. The number of carbonyl (C=O) groups is 2. The number of aliphatic hydroxyl groups excluding tert-OH is 5. The summed E-state index contributed by atoms with van der Waals surface area (Å²) < 4.78 is 32.3. The molecule has 6 N–H and O–H groups in total. The molecule has 0 bridgehead atoms. The first-order valence-electron chi connectivity index (χ1n) is 19.3. The lowest BCUT2D eigenvalue weighted by atomic mass is 10.00. The van der Waals surface area contributed by atoms with Crippen LogP contribution in [-0.4, -0.2) is 99.3 Å². The summed E-state index contributed by atoms with van der Waals surface area (Å²) in [4.78, 5) is 34.8. The van der Waals surface area contributed by atoms with Gasteiger partial charge in [-0.3, -0.25) is 18.6 Å². The highest BCUT2D eigenvalue weighted by atomic mass is 31.2. The lowest BCUT2D eigenvalue weighted by molar-refractivity contribution is -0.161. The largest absolute Gasteiger partial charge is 0.472 e. The molecule has 0 aromatic rings. The van der Waals surface area contributed by atoms with Gasteiger partial charge in [0.25, 0.3) is 0 Å². The Balaban J connectivity index is 4.72. The summed E-state index contributed by atoms with van der Waals surface area (Å²) in [6, 6.07) is 0. The predicted octanol–water partition coefficient (Wildman–Crippen LogP) is 6.15. The third-order valence-corrected chi connectivity index (χ3v) is 9.34. The van der Waals surface area contributed by atoms with E-state index in [1.807, 2.05) is 0 Å². The van der Waals surface area contributed by atoms with Crippen LogP contribution in [0, 0.1) is 5.92 Å². The lowest BCUT2D eigenvalue weighted by Gasteiger charge is -2.20. The topological polar surface area (TPSA) is 210 Å². The van der Waals surface area contributed by atoms with Crippen molar-refractivity contribution in [1.82, 2.24) is 0 Å². The van der Waals surface area contributed by atoms with Gasteiger partial charge in [-0.25, -0.2) is 4.57 Å². The Morgan fingerprint density at radius 2 is 1.26 bits per heavy atom. The Morgan fingerprint density at radius 3 is 1.92 bits per heavy atom. The van der Waals surface area contributed by atoms with Crippen molar-refractivity contribution in [2.45, 2.75) is 154 Å². The third kappa shape index (κ3) is 31.8. The van der Waals surface area contributed by atoms with Gasteiger partial charge in [-0.2, -0.15) is 0 Å². The first kappa shape index (κ1) is 50.8. The smallest absolute Gasteiger partial charge is 0.462 e. The molecule has 0 saturated carbocycles. The maximum Gasteiger partial charge on any atom is 0.472 e. The summed E-state index contributed by atoms with van der Waals surface area (Å²) >= 11 is 0. The minimum atomic E-state index is -4.69. The maximum atomic E-state index is 12.5. The standard InChI is InChI=1S/C39H69O13P/c1-4-6-15-22-33(41)23-17-12-8-9-13-18-24-36(43)37(44)25-20-27-38(45)49-30-35(31-51-53(47,48)50-29-34(42)28-40)52-39(46)26-19-14-10-7-11-16-21-32(3)5-2/h8-9,12-13,17-18,23-24,32-37,40-44H,4-7,10-11,14-16,19-22,25-31H2,1-3H3,(H,47,48)/b12-8-,13-9+,23-17+,24-18+/t32?,33-,34+,35-,36-,37-/m1/s1. The second-order valence-electron chi connectivity index (χ2n) is 13.4. The lowest BCUT2D eigenvalue weighted by Crippen LogP contribution is -2.30. The number of carbonyl (C=O) groups excluding carboxylic acids is 2. The van der Waals surface area contributed by atoms with Crippen LogP contribution in [0.5, 0.6) is 0 Å². The van der Waals surface area contributed by atoms with Gasteiger partial charge < -0.3 is 39.9 Å². The van der Waals surface area contributed by atoms with E-state index in [4.69, 9.17) is 19.1 Å². The van der Waals surface area contributed by atoms with Crippen LogP contribution in [-0.2, 0) is 32.7 Å². The fraction of sp³-hybridized carbons (Fsp3) is 0.744. The van der Waals surface area contributed by atoms with Gasteiger partial charge in [0.2, 0.25) is 0 Å². The number of rotatable bonds is 34. The van der Waals surface area contributed by atoms with E-state index >= 15 is 0 Å². The van der Waals surface area contributed by atoms with Crippen LogP contribution in [0.25, 0.3) is 0 Å². The molecule has 13 nitrogen and oxygen atoms in total. The van der Waals surface area contributed by atoms with Crippen molar-refractivity contribution < 1.29 is 63.1 Å². The fourth-order valence-electron chi connectivity index (χ4n) is 4.82. The molecule has 0 aliphatic rings. The summed E-state index contributed by atoms with van der Waals surface area (Å²) in [6.45, 7) is 4.08. The van der Waals surface area contributed by atoms with E-state index in [0.717, 1.165) is 57.3 Å². The number of phosphoric ester groups is 1. The molecular weight excluding hydrogens is 707 g/mol. The Bertz CT molecular complexity index is 1090. The quantitative estimate of drug-likeness (QED) is 0.0188. The number of hydrogen-bond acceptors (Lipinski definition) is 12. The summed E-state index contributed by atoms with van der Waals surface area (Å²) in [7, 11) is -4.69. The van der Waals surface area contributed by atoms with Gasteiger partial charge in [-0.05, 0) is 31.6 Å². The number of aliphatic hydroxyl groups is 5. The molecule has 0 amide bonds. The number of phosphoric acid groups is 1. The Labute approximate surface area is 317 Å². The molecule has 0 fully saturated rings. The highest BCUT2D eigenvalue weighted by Gasteiger charge is 2.27. The van der Waals surface area contributed by atoms with E-state index in [-0.39, 0.29) is 25.7 Å². The molecule has 7 atom stereocenters. The van der Waals surface area contributed by atoms with Gasteiger partial charge in [-0.1, -0.05) is 134 Å². The zero-order valence-corrected chi connectivity index (χ0v) is 33.1. The average Bonchev–Trinajstić information content (AvgIpc) is 3.13. The van der Waals surface area contributed by atoms with Gasteiger partial charge in [0.1, 0.15) is 12.7 Å². The van der Waals surface area contributed by atoms with Crippen molar-refractivity contribution in [3.63, 3.8) is 0 Å². The van der Waals surface area contributed by atoms with E-state index < -0.39 is 76.7 Å². The third-order valence-electron chi connectivity index (χ3n) is 8.39. The first-order valence-corrected chi connectivity index (χ1v) is 20.8. The summed E-state index contributed by atoms with van der Waals surface area (Å²) in [6.07, 6.45) is 20.5. The van der Waals surface area contributed by atoms with E-state index in [2.05, 4.69) is 25.3 Å². The average molecular weight is 777 g/mol. The van der Waals surface area contributed by atoms with Gasteiger partial charge in [0.15, 0.2) is 6.10 Å². The SMILES string of the molecule is CCCCC[C@@H](O)/C=C/C=C\C=C\C=C\[C@@H](O)[C@H](O)CCCC(=O)OC[C@H](COP(=O)(O)OC[C@@H](O)CO)OC(=O)CCCCCCCCC(C)CC. The molecule has 0 radical (unpaired) electrons. The number of allylic oxidation sites excluding steroid dienone is 6. The van der Waals surface area contributed by atoms with E-state index in [1.165, 1.54) is 25.3 Å². The van der Waals surface area contributed by atoms with Gasteiger partial charge in [-0.15, -0.1) is 0 Å². The zero-order chi connectivity index (χ0) is 39.7. The summed E-state index contributed by atoms with van der Waals surface area (Å²) in [5.74, 6) is -0.530. The minimum Gasteiger partial charge on any atom is -0.462 e. The summed E-state index contributed by atoms with van der Waals surface area (Å²) in [5, 5.41) is 48.6. The van der Waals surface area contributed by atoms with Gasteiger partial charge >= 0.3 is 19.8 Å². The molecular formula is C39H69O13P. The Morgan fingerprint density at radius 1 is 0.679 bits per heavy atom. The molecule has 0 heterocycles. The molecule has 0 rings (SSSR count). The van der Waals surface area contributed by atoms with Crippen LogP contribution >= 0.6 is 7.82 Å². The first-order chi connectivity index (χ1) is 25.3. The van der Waals surface area contributed by atoms with Crippen LogP contribution in [0.4, 0.5) is 0 Å². The normalized spacial score (nSPS) is 16.9. The Kier molecular flexibility index (Phi) is 31.8. The van der Waals surface area contributed by atoms with Crippen LogP contribution in [0.3, 0.4) is 0 Å². The number of unbranched alkanes of at least 4 members (excludes halogenated alkanes) is 7. The molecule has 53 heavy (non-hydrogen) atoms. The molecule has 0 aromatic carbocycles. The molecule has 14 heteroatoms. The van der Waals surface area contributed by atoms with Gasteiger partial charge in [0.05, 0.1) is 38.1 Å². The van der Waals surface area contributed by atoms with E-state index in [1.54, 1.807) is 42.5 Å². The van der Waals surface area contributed by atoms with E-state index in [9.17, 15) is 39.5 Å². The number of ether oxygens (including phenoxy) is 2. The molecule has 2 unspecified atom stereocenters. The van der Waals surface area contributed by atoms with Crippen LogP contribution in [0.1, 0.15) is 124 Å². The fourth-order valence-corrected chi connectivity index (χ4v) is 5.61. The Hall–Kier alpha value is -2.19. The van der Waals surface area contributed by atoms with Crippen molar-refractivity contribution >= 4 is 19.8 Å². The highest BCUT2D eigenvalue weighted by Crippen LogP contribution is 2.43. The van der Waals surface area contributed by atoms with Gasteiger partial charge in [0, 0.05) is 12.8 Å². The zero-order valence-electron chi connectivity index (χ0n) is 32.2. The second kappa shape index (κ2) is 33.2. The van der Waals surface area contributed by atoms with E-state index in [0.29, 0.717) is 6.42 Å². The van der Waals surface area contributed by atoms with Crippen molar-refractivity contribution in [1.29, 1.82) is 0 Å². The number of hydrogen-bond donors (Lipinski definition) is 6. The van der Waals surface area contributed by atoms with Crippen molar-refractivity contribution in [2.75, 3.05) is 26.4 Å². The van der Waals surface area contributed by atoms with Crippen molar-refractivity contribution in [3.8, 4) is 0 Å². The van der Waals surface area contributed by atoms with Crippen molar-refractivity contribution in [3.05, 3.63) is 48.6 Å². The second-order valence-corrected chi connectivity index (χ2v) is 14.9. The predicted molar refractivity (Wildman–Crippen MR) is 205 cm³/mol. The molecule has 0 aliphatic carbocycles. The molecule has 0 spiro atoms. The highest BCUT2D eigenvalue weighted by molar-refractivity contribution is 7.47. The minimum absolute atomic E-state index is 0.0969. The van der Waals surface area contributed by atoms with Crippen molar-refractivity contribution in [2.24, 2.45) is 5.92 Å². The molecule has 308 valence electrons. The monoisotopic (exact) mass is 776 g/mol. The molecule has 0 aliphatic heterocycles. The maximum absolute atomic E-state index is 12.5. The van der Waals surface area contributed by atoms with Crippen LogP contribution < -0.4 is 0 Å². The van der Waals surface area contributed by atoms with Crippen LogP contribution in [0.15, 0.2) is 48.6 Å². The molecule has 0 aromatic heterocycles. The van der Waals surface area contributed by atoms with Crippen LogP contribution in [0.2, 0.25) is 0 Å². The number of esters is 2. The summed E-state index contributed by atoms with van der Waals surface area (Å²) in [5.41, 5.74) is 0.